The first-order valence-electron chi connectivity index (χ1n) is 4.38. The first kappa shape index (κ1) is 8.97. The van der Waals surface area contributed by atoms with E-state index in [0.29, 0.717) is 6.04 Å². The van der Waals surface area contributed by atoms with Crippen LogP contribution in [0.15, 0.2) is 0 Å². The Morgan fingerprint density at radius 3 is 3.09 bits per heavy atom. The first-order chi connectivity index (χ1) is 5.33. The highest BCUT2D eigenvalue weighted by atomic mass is 15.1. The number of rotatable bonds is 2. The number of hydrogen-bond acceptors (Lipinski definition) is 2. The second-order valence-corrected chi connectivity index (χ2v) is 3.23. The fourth-order valence-electron chi connectivity index (χ4n) is 1.41. The number of hydrogen-bond donors (Lipinski definition) is 1. The zero-order valence-electron chi connectivity index (χ0n) is 7.29. The Kier molecular flexibility index (Phi) is 3.83. The van der Waals surface area contributed by atoms with E-state index in [1.54, 1.807) is 0 Å². The van der Waals surface area contributed by atoms with Gasteiger partial charge in [-0.1, -0.05) is 0 Å². The summed E-state index contributed by atoms with van der Waals surface area (Å²) in [5.74, 6) is 0. The molecule has 0 bridgehead atoms. The van der Waals surface area contributed by atoms with Crippen LogP contribution in [0.3, 0.4) is 0 Å². The molecule has 1 unspecified atom stereocenters. The van der Waals surface area contributed by atoms with Crippen molar-refractivity contribution in [3.8, 4) is 0 Å². The predicted molar refractivity (Wildman–Crippen MR) is 46.6 cm³/mol. The van der Waals surface area contributed by atoms with E-state index in [0.717, 1.165) is 26.1 Å². The smallest absolute Gasteiger partial charge is 0.0270 e. The van der Waals surface area contributed by atoms with Crippen molar-refractivity contribution in [2.75, 3.05) is 33.2 Å². The lowest BCUT2D eigenvalue weighted by molar-refractivity contribution is 0.354. The van der Waals surface area contributed by atoms with Crippen molar-refractivity contribution in [2.24, 2.45) is 5.73 Å². The van der Waals surface area contributed by atoms with Gasteiger partial charge in [-0.2, -0.15) is 0 Å². The van der Waals surface area contributed by atoms with E-state index in [9.17, 15) is 0 Å². The monoisotopic (exact) mass is 156 g/mol. The Morgan fingerprint density at radius 2 is 2.36 bits per heavy atom. The van der Waals surface area contributed by atoms with Crippen molar-refractivity contribution in [2.45, 2.75) is 18.9 Å². The van der Waals surface area contributed by atoms with E-state index < -0.39 is 0 Å². The normalized spacial score (nSPS) is 28.4. The minimum atomic E-state index is 0.532. The molecule has 1 rings (SSSR count). The second-order valence-electron chi connectivity index (χ2n) is 3.23. The van der Waals surface area contributed by atoms with Gasteiger partial charge < -0.3 is 10.6 Å². The van der Waals surface area contributed by atoms with Crippen LogP contribution in [-0.2, 0) is 0 Å². The Morgan fingerprint density at radius 1 is 1.55 bits per heavy atom. The minimum absolute atomic E-state index is 0.532. The zero-order chi connectivity index (χ0) is 8.10. The van der Waals surface area contributed by atoms with Gasteiger partial charge in [0, 0.05) is 19.1 Å². The Bertz CT molecular complexity index is 106. The van der Waals surface area contributed by atoms with Crippen LogP contribution in [0.4, 0.5) is 0 Å². The number of likely N-dealkylation sites (N-methyl/N-ethyl adjacent to an activating group) is 1. The van der Waals surface area contributed by atoms with E-state index in [2.05, 4.69) is 17.3 Å². The van der Waals surface area contributed by atoms with Gasteiger partial charge in [0.15, 0.2) is 0 Å². The maximum atomic E-state index is 5.47. The van der Waals surface area contributed by atoms with Crippen molar-refractivity contribution >= 4 is 0 Å². The van der Waals surface area contributed by atoms with Crippen LogP contribution >= 0.6 is 0 Å². The molecule has 0 aromatic rings. The zero-order valence-corrected chi connectivity index (χ0v) is 7.29. The van der Waals surface area contributed by atoms with E-state index in [1.807, 2.05) is 0 Å². The van der Waals surface area contributed by atoms with Crippen LogP contribution in [0.2, 0.25) is 0 Å². The molecule has 1 heterocycles. The van der Waals surface area contributed by atoms with Crippen LogP contribution in [0, 0.1) is 0 Å². The summed E-state index contributed by atoms with van der Waals surface area (Å²) in [6.07, 6.45) is 2.25. The SMILES string of the molecule is CN1CC[N]C(CCN)CC1. The van der Waals surface area contributed by atoms with E-state index in [1.165, 1.54) is 13.0 Å². The van der Waals surface area contributed by atoms with Gasteiger partial charge in [0.1, 0.15) is 0 Å². The van der Waals surface area contributed by atoms with Crippen molar-refractivity contribution in [3.63, 3.8) is 0 Å². The van der Waals surface area contributed by atoms with Crippen LogP contribution in [0.25, 0.3) is 0 Å². The quantitative estimate of drug-likeness (QED) is 0.593. The van der Waals surface area contributed by atoms with Gasteiger partial charge in [-0.15, -0.1) is 0 Å². The molecule has 1 radical (unpaired) electrons. The van der Waals surface area contributed by atoms with Crippen LogP contribution in [0.1, 0.15) is 12.8 Å². The van der Waals surface area contributed by atoms with Gasteiger partial charge in [0.2, 0.25) is 0 Å². The molecule has 0 aromatic carbocycles. The molecule has 1 fully saturated rings. The summed E-state index contributed by atoms with van der Waals surface area (Å²) < 4.78 is 0. The van der Waals surface area contributed by atoms with Crippen molar-refractivity contribution < 1.29 is 0 Å². The summed E-state index contributed by atoms with van der Waals surface area (Å²) >= 11 is 0. The molecule has 1 atom stereocenters. The molecule has 11 heavy (non-hydrogen) atoms. The van der Waals surface area contributed by atoms with Gasteiger partial charge in [0.25, 0.3) is 0 Å². The van der Waals surface area contributed by atoms with Gasteiger partial charge >= 0.3 is 0 Å². The molecule has 3 heteroatoms. The Hall–Kier alpha value is -0.120. The molecule has 2 N–H and O–H groups in total. The highest BCUT2D eigenvalue weighted by molar-refractivity contribution is 4.73. The lowest BCUT2D eigenvalue weighted by atomic mass is 10.1. The fraction of sp³-hybridized carbons (Fsp3) is 1.00. The summed E-state index contributed by atoms with van der Waals surface area (Å²) in [7, 11) is 2.15. The highest BCUT2D eigenvalue weighted by Crippen LogP contribution is 2.03. The second kappa shape index (κ2) is 4.70. The average Bonchev–Trinajstić information content (AvgIpc) is 2.17. The molecule has 1 saturated heterocycles. The molecule has 0 amide bonds. The lowest BCUT2D eigenvalue weighted by Gasteiger charge is -2.12. The third kappa shape index (κ3) is 3.18. The molecule has 0 aliphatic carbocycles. The van der Waals surface area contributed by atoms with Crippen molar-refractivity contribution in [3.05, 3.63) is 0 Å². The predicted octanol–water partition coefficient (Wildman–Crippen LogP) is -0.356. The summed E-state index contributed by atoms with van der Waals surface area (Å²) in [6.45, 7) is 4.05. The molecule has 0 aromatic heterocycles. The fourth-order valence-corrected chi connectivity index (χ4v) is 1.41. The molecule has 3 nitrogen and oxygen atoms in total. The third-order valence-corrected chi connectivity index (χ3v) is 2.21. The van der Waals surface area contributed by atoms with Crippen LogP contribution in [0.5, 0.6) is 0 Å². The summed E-state index contributed by atoms with van der Waals surface area (Å²) in [5.41, 5.74) is 5.47. The molecule has 65 valence electrons. The lowest BCUT2D eigenvalue weighted by Crippen LogP contribution is -2.25. The maximum Gasteiger partial charge on any atom is 0.0270 e. The largest absolute Gasteiger partial charge is 0.330 e. The molecular formula is C8H18N3. The van der Waals surface area contributed by atoms with Gasteiger partial charge in [-0.3, -0.25) is 0 Å². The summed E-state index contributed by atoms with van der Waals surface area (Å²) in [5, 5.41) is 4.54. The van der Waals surface area contributed by atoms with E-state index in [4.69, 9.17) is 5.73 Å². The summed E-state index contributed by atoms with van der Waals surface area (Å²) in [4.78, 5) is 2.33. The van der Waals surface area contributed by atoms with Gasteiger partial charge in [0.05, 0.1) is 0 Å². The standard InChI is InChI=1S/C8H18N3/c1-11-6-3-8(2-4-9)10-5-7-11/h8H,2-7,9H2,1H3. The van der Waals surface area contributed by atoms with Crippen LogP contribution in [-0.4, -0.2) is 44.2 Å². The molecule has 0 saturated carbocycles. The summed E-state index contributed by atoms with van der Waals surface area (Å²) in [6, 6.07) is 0.532. The van der Waals surface area contributed by atoms with Gasteiger partial charge in [-0.05, 0) is 33.0 Å². The van der Waals surface area contributed by atoms with Crippen molar-refractivity contribution in [1.82, 2.24) is 10.2 Å². The number of nitrogens with two attached hydrogens (primary N) is 1. The molecule has 0 spiro atoms. The molecular weight excluding hydrogens is 138 g/mol. The van der Waals surface area contributed by atoms with Gasteiger partial charge in [-0.25, -0.2) is 5.32 Å². The molecule has 1 aliphatic rings. The van der Waals surface area contributed by atoms with Crippen LogP contribution < -0.4 is 11.1 Å². The van der Waals surface area contributed by atoms with E-state index in [-0.39, 0.29) is 0 Å². The highest BCUT2D eigenvalue weighted by Gasteiger charge is 2.13. The molecule has 1 aliphatic heterocycles. The van der Waals surface area contributed by atoms with E-state index >= 15 is 0 Å². The third-order valence-electron chi connectivity index (χ3n) is 2.21. The Balaban J connectivity index is 2.22. The topological polar surface area (TPSA) is 43.4 Å². The van der Waals surface area contributed by atoms with Crippen molar-refractivity contribution in [1.29, 1.82) is 0 Å². The minimum Gasteiger partial charge on any atom is -0.330 e. The Labute approximate surface area is 68.9 Å². The average molecular weight is 156 g/mol. The first-order valence-corrected chi connectivity index (χ1v) is 4.38. The number of nitrogens with zero attached hydrogens (tertiary/aromatic N) is 2. The maximum absolute atomic E-state index is 5.47.